The maximum absolute atomic E-state index is 12.9. The molecule has 1 fully saturated rings. The number of benzene rings is 1. The average molecular weight is 391 g/mol. The molecule has 0 spiro atoms. The molecule has 0 aliphatic carbocycles. The van der Waals surface area contributed by atoms with Crippen LogP contribution in [0.3, 0.4) is 0 Å². The number of carbonyl (C=O) groups is 1. The molecule has 1 aliphatic rings. The number of thiophene rings is 2. The van der Waals surface area contributed by atoms with Crippen LogP contribution in [-0.4, -0.2) is 48.4 Å². The smallest absolute Gasteiger partial charge is 0.265 e. The summed E-state index contributed by atoms with van der Waals surface area (Å²) in [6, 6.07) is 12.2. The minimum Gasteiger partial charge on any atom is -0.335 e. The largest absolute Gasteiger partial charge is 0.335 e. The molecular weight excluding hydrogens is 372 g/mol. The second-order valence-corrected chi connectivity index (χ2v) is 8.67. The summed E-state index contributed by atoms with van der Waals surface area (Å²) >= 11 is 9.77. The number of carbonyl (C=O) groups excluding carboxylic acids is 1. The summed E-state index contributed by atoms with van der Waals surface area (Å²) in [7, 11) is 0. The van der Waals surface area contributed by atoms with Gasteiger partial charge in [-0.15, -0.1) is 22.7 Å². The number of nitrogens with zero attached hydrogens (tertiary/aromatic N) is 2. The van der Waals surface area contributed by atoms with Crippen molar-refractivity contribution in [2.24, 2.45) is 0 Å². The van der Waals surface area contributed by atoms with E-state index in [4.69, 9.17) is 11.6 Å². The topological polar surface area (TPSA) is 23.6 Å². The summed E-state index contributed by atoms with van der Waals surface area (Å²) in [5.41, 5.74) is 0. The quantitative estimate of drug-likeness (QED) is 0.649. The number of hydrogen-bond donors (Lipinski definition) is 0. The molecule has 3 heterocycles. The predicted molar refractivity (Wildman–Crippen MR) is 107 cm³/mol. The molecule has 1 saturated heterocycles. The summed E-state index contributed by atoms with van der Waals surface area (Å²) in [6.45, 7) is 4.47. The van der Waals surface area contributed by atoms with Crippen LogP contribution in [0.5, 0.6) is 0 Å². The standard InChI is InChI=1S/C19H19ClN2OS2/c20-17-15-5-1-2-6-16(15)25-18(17)19(23)22-11-9-21(10-12-22)8-7-14-4-3-13-24-14/h1-6,13H,7-12H2. The van der Waals surface area contributed by atoms with Gasteiger partial charge in [0.15, 0.2) is 0 Å². The Morgan fingerprint density at radius 2 is 1.88 bits per heavy atom. The number of rotatable bonds is 4. The van der Waals surface area contributed by atoms with Crippen molar-refractivity contribution in [2.75, 3.05) is 32.7 Å². The Morgan fingerprint density at radius 1 is 1.08 bits per heavy atom. The molecule has 130 valence electrons. The van der Waals surface area contributed by atoms with Gasteiger partial charge in [0.25, 0.3) is 5.91 Å². The third-order valence-corrected chi connectivity index (χ3v) is 7.24. The van der Waals surface area contributed by atoms with Gasteiger partial charge in [0.1, 0.15) is 4.88 Å². The van der Waals surface area contributed by atoms with E-state index in [1.807, 2.05) is 40.5 Å². The summed E-state index contributed by atoms with van der Waals surface area (Å²) in [5, 5.41) is 3.71. The van der Waals surface area contributed by atoms with Gasteiger partial charge in [-0.05, 0) is 23.9 Å². The van der Waals surface area contributed by atoms with Gasteiger partial charge in [-0.1, -0.05) is 35.9 Å². The van der Waals surface area contributed by atoms with Crippen molar-refractivity contribution in [3.8, 4) is 0 Å². The molecule has 1 amide bonds. The number of piperazine rings is 1. The predicted octanol–water partition coefficient (Wildman–Crippen LogP) is 4.62. The third-order valence-electron chi connectivity index (χ3n) is 4.64. The van der Waals surface area contributed by atoms with Crippen molar-refractivity contribution in [1.82, 2.24) is 9.80 Å². The first-order valence-corrected chi connectivity index (χ1v) is 10.5. The molecule has 6 heteroatoms. The van der Waals surface area contributed by atoms with Crippen molar-refractivity contribution < 1.29 is 4.79 Å². The molecule has 3 aromatic rings. The van der Waals surface area contributed by atoms with Crippen LogP contribution in [0.2, 0.25) is 5.02 Å². The van der Waals surface area contributed by atoms with E-state index in [1.54, 1.807) is 0 Å². The lowest BCUT2D eigenvalue weighted by Gasteiger charge is -2.34. The van der Waals surface area contributed by atoms with Crippen molar-refractivity contribution >= 4 is 50.3 Å². The zero-order valence-corrected chi connectivity index (χ0v) is 16.2. The van der Waals surface area contributed by atoms with Crippen molar-refractivity contribution in [3.05, 3.63) is 56.6 Å². The van der Waals surface area contributed by atoms with E-state index in [0.717, 1.165) is 49.2 Å². The van der Waals surface area contributed by atoms with Gasteiger partial charge in [0.05, 0.1) is 5.02 Å². The van der Waals surface area contributed by atoms with Crippen LogP contribution >= 0.6 is 34.3 Å². The maximum Gasteiger partial charge on any atom is 0.265 e. The fourth-order valence-corrected chi connectivity index (χ4v) is 5.37. The van der Waals surface area contributed by atoms with Crippen LogP contribution in [-0.2, 0) is 6.42 Å². The van der Waals surface area contributed by atoms with Gasteiger partial charge in [-0.25, -0.2) is 0 Å². The molecule has 0 atom stereocenters. The molecular formula is C19H19ClN2OS2. The second kappa shape index (κ2) is 7.46. The van der Waals surface area contributed by atoms with Crippen molar-refractivity contribution in [2.45, 2.75) is 6.42 Å². The van der Waals surface area contributed by atoms with Gasteiger partial charge in [0, 0.05) is 47.7 Å². The Bertz CT molecular complexity index is 867. The Hall–Kier alpha value is -1.40. The highest BCUT2D eigenvalue weighted by molar-refractivity contribution is 7.21. The zero-order valence-electron chi connectivity index (χ0n) is 13.8. The van der Waals surface area contributed by atoms with E-state index in [2.05, 4.69) is 22.4 Å². The Balaban J connectivity index is 1.38. The van der Waals surface area contributed by atoms with Crippen LogP contribution in [0.1, 0.15) is 14.5 Å². The number of halogens is 1. The number of amides is 1. The van der Waals surface area contributed by atoms with Gasteiger partial charge in [0.2, 0.25) is 0 Å². The third kappa shape index (κ3) is 3.60. The van der Waals surface area contributed by atoms with Crippen LogP contribution in [0.25, 0.3) is 10.1 Å². The minimum absolute atomic E-state index is 0.0732. The van der Waals surface area contributed by atoms with Crippen molar-refractivity contribution in [3.63, 3.8) is 0 Å². The lowest BCUT2D eigenvalue weighted by atomic mass is 10.2. The first-order chi connectivity index (χ1) is 12.2. The summed E-state index contributed by atoms with van der Waals surface area (Å²) in [5.74, 6) is 0.0732. The minimum atomic E-state index is 0.0732. The highest BCUT2D eigenvalue weighted by atomic mass is 35.5. The molecule has 1 aliphatic heterocycles. The zero-order chi connectivity index (χ0) is 17.2. The van der Waals surface area contributed by atoms with Gasteiger partial charge in [-0.2, -0.15) is 0 Å². The summed E-state index contributed by atoms with van der Waals surface area (Å²) in [6.07, 6.45) is 1.09. The Labute approximate surface area is 160 Å². The molecule has 4 rings (SSSR count). The Kier molecular flexibility index (Phi) is 5.08. The highest BCUT2D eigenvalue weighted by Gasteiger charge is 2.25. The van der Waals surface area contributed by atoms with Crippen LogP contribution in [0.15, 0.2) is 41.8 Å². The molecule has 0 saturated carbocycles. The fourth-order valence-electron chi connectivity index (χ4n) is 3.19. The Morgan fingerprint density at radius 3 is 2.60 bits per heavy atom. The molecule has 0 N–H and O–H groups in total. The van der Waals surface area contributed by atoms with E-state index in [-0.39, 0.29) is 5.91 Å². The maximum atomic E-state index is 12.9. The van der Waals surface area contributed by atoms with Crippen LogP contribution in [0, 0.1) is 0 Å². The summed E-state index contributed by atoms with van der Waals surface area (Å²) < 4.78 is 1.07. The van der Waals surface area contributed by atoms with Gasteiger partial charge in [-0.3, -0.25) is 9.69 Å². The second-order valence-electron chi connectivity index (χ2n) is 6.20. The summed E-state index contributed by atoms with van der Waals surface area (Å²) in [4.78, 5) is 19.4. The van der Waals surface area contributed by atoms with E-state index in [9.17, 15) is 4.79 Å². The molecule has 1 aromatic carbocycles. The van der Waals surface area contributed by atoms with E-state index >= 15 is 0 Å². The molecule has 25 heavy (non-hydrogen) atoms. The molecule has 0 unspecified atom stereocenters. The molecule has 3 nitrogen and oxygen atoms in total. The lowest BCUT2D eigenvalue weighted by molar-refractivity contribution is 0.0644. The molecule has 0 radical (unpaired) electrons. The van der Waals surface area contributed by atoms with Crippen LogP contribution in [0.4, 0.5) is 0 Å². The molecule has 2 aromatic heterocycles. The van der Waals surface area contributed by atoms with Gasteiger partial charge >= 0.3 is 0 Å². The van der Waals surface area contributed by atoms with Crippen LogP contribution < -0.4 is 0 Å². The molecule has 0 bridgehead atoms. The van der Waals surface area contributed by atoms with Crippen molar-refractivity contribution in [1.29, 1.82) is 0 Å². The monoisotopic (exact) mass is 390 g/mol. The van der Waals surface area contributed by atoms with Gasteiger partial charge < -0.3 is 4.90 Å². The fraction of sp³-hybridized carbons (Fsp3) is 0.316. The van der Waals surface area contributed by atoms with E-state index in [1.165, 1.54) is 16.2 Å². The SMILES string of the molecule is O=C(c1sc2ccccc2c1Cl)N1CCN(CCc2cccs2)CC1. The lowest BCUT2D eigenvalue weighted by Crippen LogP contribution is -2.49. The van der Waals surface area contributed by atoms with E-state index in [0.29, 0.717) is 9.90 Å². The first-order valence-electron chi connectivity index (χ1n) is 8.43. The number of hydrogen-bond acceptors (Lipinski definition) is 4. The van der Waals surface area contributed by atoms with E-state index < -0.39 is 0 Å². The number of fused-ring (bicyclic) bond motifs is 1. The highest BCUT2D eigenvalue weighted by Crippen LogP contribution is 2.36. The average Bonchev–Trinajstić information content (AvgIpc) is 3.28. The normalized spacial score (nSPS) is 15.8. The first kappa shape index (κ1) is 17.0.